The first-order valence-electron chi connectivity index (χ1n) is 8.53. The molecule has 2 aromatic carbocycles. The van der Waals surface area contributed by atoms with Crippen LogP contribution in [0.4, 0.5) is 5.69 Å². The molecule has 1 aliphatic heterocycles. The van der Waals surface area contributed by atoms with E-state index in [4.69, 9.17) is 13.9 Å². The van der Waals surface area contributed by atoms with E-state index in [2.05, 4.69) is 16.0 Å². The van der Waals surface area contributed by atoms with E-state index < -0.39 is 0 Å². The van der Waals surface area contributed by atoms with Gasteiger partial charge in [-0.25, -0.2) is 0 Å². The largest absolute Gasteiger partial charge is 0.398 e. The summed E-state index contributed by atoms with van der Waals surface area (Å²) in [5.41, 5.74) is 2.98. The van der Waals surface area contributed by atoms with Crippen molar-refractivity contribution >= 4 is 22.9 Å². The van der Waals surface area contributed by atoms with Crippen molar-refractivity contribution in [2.45, 2.75) is 19.3 Å². The van der Waals surface area contributed by atoms with Gasteiger partial charge in [0.15, 0.2) is 12.8 Å². The predicted octanol–water partition coefficient (Wildman–Crippen LogP) is 3.57. The van der Waals surface area contributed by atoms with Crippen LogP contribution in [0.15, 0.2) is 65.2 Å². The molecule has 3 aromatic rings. The summed E-state index contributed by atoms with van der Waals surface area (Å²) in [7, 11) is 0. The molecule has 128 valence electrons. The number of fused-ring (bicyclic) bond motifs is 1. The summed E-state index contributed by atoms with van der Waals surface area (Å²) in [6, 6.07) is 18.1. The average Bonchev–Trinajstić information content (AvgIpc) is 3.28. The highest BCUT2D eigenvalue weighted by molar-refractivity contribution is 5.69. The van der Waals surface area contributed by atoms with E-state index in [1.54, 1.807) is 0 Å². The zero-order valence-corrected chi connectivity index (χ0v) is 13.9. The van der Waals surface area contributed by atoms with Crippen LogP contribution in [0.2, 0.25) is 0 Å². The van der Waals surface area contributed by atoms with Gasteiger partial charge in [0.25, 0.3) is 5.52 Å². The van der Waals surface area contributed by atoms with Gasteiger partial charge in [-0.05, 0) is 18.2 Å². The van der Waals surface area contributed by atoms with Crippen LogP contribution in [0.5, 0.6) is 0 Å². The van der Waals surface area contributed by atoms with Crippen molar-refractivity contribution in [3.05, 3.63) is 66.7 Å². The molecule has 0 bridgehead atoms. The van der Waals surface area contributed by atoms with Gasteiger partial charge in [-0.2, -0.15) is 4.57 Å². The van der Waals surface area contributed by atoms with E-state index in [1.807, 2.05) is 60.8 Å². The second kappa shape index (κ2) is 7.51. The van der Waals surface area contributed by atoms with Crippen molar-refractivity contribution in [3.8, 4) is 0 Å². The van der Waals surface area contributed by atoms with Crippen LogP contribution < -0.4 is 9.88 Å². The Morgan fingerprint density at radius 1 is 1.00 bits per heavy atom. The lowest BCUT2D eigenvalue weighted by molar-refractivity contribution is -0.680. The molecule has 0 unspecified atom stereocenters. The van der Waals surface area contributed by atoms with Crippen molar-refractivity contribution in [2.75, 3.05) is 18.5 Å². The Balaban J connectivity index is 1.55. The molecule has 0 radical (unpaired) electrons. The molecule has 2 heterocycles. The first kappa shape index (κ1) is 15.9. The monoisotopic (exact) mass is 337 g/mol. The number of benzene rings is 2. The summed E-state index contributed by atoms with van der Waals surface area (Å²) in [6.07, 6.45) is 4.51. The smallest absolute Gasteiger partial charge is 0.375 e. The zero-order chi connectivity index (χ0) is 16.9. The molecule has 1 saturated heterocycles. The quantitative estimate of drug-likeness (QED) is 0.699. The molecular formula is C20H21N2O3+. The molecular weight excluding hydrogens is 316 g/mol. The van der Waals surface area contributed by atoms with Crippen molar-refractivity contribution in [3.63, 3.8) is 0 Å². The van der Waals surface area contributed by atoms with Gasteiger partial charge in [0, 0.05) is 18.0 Å². The number of nitrogens with one attached hydrogen (secondary N) is 1. The minimum Gasteiger partial charge on any atom is -0.398 e. The maximum atomic E-state index is 6.01. The van der Waals surface area contributed by atoms with Gasteiger partial charge < -0.3 is 19.2 Å². The SMILES string of the molecule is C(=C\c1oc2ccccc2[n+]1CCC1OCCO1)/Nc1ccccc1. The Morgan fingerprint density at radius 3 is 2.60 bits per heavy atom. The minimum atomic E-state index is -0.125. The highest BCUT2D eigenvalue weighted by Crippen LogP contribution is 2.16. The van der Waals surface area contributed by atoms with Crippen LogP contribution in [0.1, 0.15) is 12.3 Å². The molecule has 0 atom stereocenters. The molecule has 0 aliphatic carbocycles. The lowest BCUT2D eigenvalue weighted by atomic mass is 10.3. The molecule has 1 N–H and O–H groups in total. The fourth-order valence-corrected chi connectivity index (χ4v) is 2.96. The van der Waals surface area contributed by atoms with E-state index in [0.29, 0.717) is 13.2 Å². The Labute approximate surface area is 146 Å². The van der Waals surface area contributed by atoms with E-state index in [0.717, 1.165) is 35.6 Å². The Bertz CT molecular complexity index is 852. The van der Waals surface area contributed by atoms with Crippen LogP contribution in [-0.2, 0) is 16.0 Å². The average molecular weight is 337 g/mol. The van der Waals surface area contributed by atoms with E-state index in [-0.39, 0.29) is 6.29 Å². The number of para-hydroxylation sites is 3. The van der Waals surface area contributed by atoms with Crippen LogP contribution in [0.3, 0.4) is 0 Å². The number of oxazole rings is 1. The molecule has 1 aliphatic rings. The molecule has 4 rings (SSSR count). The molecule has 0 amide bonds. The van der Waals surface area contributed by atoms with Crippen molar-refractivity contribution < 1.29 is 18.5 Å². The van der Waals surface area contributed by atoms with E-state index in [9.17, 15) is 0 Å². The molecule has 1 fully saturated rings. The van der Waals surface area contributed by atoms with Gasteiger partial charge in [0.05, 0.1) is 25.7 Å². The fraction of sp³-hybridized carbons (Fsp3) is 0.250. The number of anilines is 1. The molecule has 1 aromatic heterocycles. The predicted molar refractivity (Wildman–Crippen MR) is 95.8 cm³/mol. The minimum absolute atomic E-state index is 0.125. The van der Waals surface area contributed by atoms with Gasteiger partial charge >= 0.3 is 5.89 Å². The number of nitrogens with zero attached hydrogens (tertiary/aromatic N) is 1. The molecule has 25 heavy (non-hydrogen) atoms. The number of hydrogen-bond donors (Lipinski definition) is 1. The molecule has 0 spiro atoms. The number of rotatable bonds is 6. The zero-order valence-electron chi connectivity index (χ0n) is 13.9. The lowest BCUT2D eigenvalue weighted by Crippen LogP contribution is -2.37. The Kier molecular flexibility index (Phi) is 4.77. The topological polar surface area (TPSA) is 47.5 Å². The van der Waals surface area contributed by atoms with Gasteiger partial charge in [0.2, 0.25) is 5.58 Å². The van der Waals surface area contributed by atoms with Crippen LogP contribution in [-0.4, -0.2) is 19.5 Å². The summed E-state index contributed by atoms with van der Waals surface area (Å²) in [5, 5.41) is 3.26. The van der Waals surface area contributed by atoms with Gasteiger partial charge in [-0.15, -0.1) is 0 Å². The standard InChI is InChI=1S/C20H20N2O3/c1-2-6-16(7-3-1)21-12-10-19-22(13-11-20-23-14-15-24-20)17-8-4-5-9-18(17)25-19/h1-10,12,20H,11,13-15H2/p+1. The van der Waals surface area contributed by atoms with Crippen LogP contribution in [0, 0.1) is 0 Å². The maximum absolute atomic E-state index is 6.01. The summed E-state index contributed by atoms with van der Waals surface area (Å²) in [5.74, 6) is 0.794. The number of aryl methyl sites for hydroxylation is 1. The number of hydrogen-bond acceptors (Lipinski definition) is 4. The normalized spacial score (nSPS) is 15.4. The van der Waals surface area contributed by atoms with E-state index >= 15 is 0 Å². The molecule has 5 heteroatoms. The Morgan fingerprint density at radius 2 is 1.76 bits per heavy atom. The lowest BCUT2D eigenvalue weighted by Gasteiger charge is -2.05. The van der Waals surface area contributed by atoms with E-state index in [1.165, 1.54) is 0 Å². The van der Waals surface area contributed by atoms with Gasteiger partial charge in [-0.1, -0.05) is 30.3 Å². The third-order valence-electron chi connectivity index (χ3n) is 4.17. The molecule has 5 nitrogen and oxygen atoms in total. The first-order valence-corrected chi connectivity index (χ1v) is 8.53. The maximum Gasteiger partial charge on any atom is 0.375 e. The van der Waals surface area contributed by atoms with Crippen molar-refractivity contribution in [1.82, 2.24) is 0 Å². The highest BCUT2D eigenvalue weighted by atomic mass is 16.7. The fourth-order valence-electron chi connectivity index (χ4n) is 2.96. The summed E-state index contributed by atoms with van der Waals surface area (Å²) >= 11 is 0. The third kappa shape index (κ3) is 3.73. The third-order valence-corrected chi connectivity index (χ3v) is 4.17. The summed E-state index contributed by atoms with van der Waals surface area (Å²) in [4.78, 5) is 0. The van der Waals surface area contributed by atoms with Crippen molar-refractivity contribution in [1.29, 1.82) is 0 Å². The molecule has 0 saturated carbocycles. The summed E-state index contributed by atoms with van der Waals surface area (Å²) < 4.78 is 19.3. The highest BCUT2D eigenvalue weighted by Gasteiger charge is 2.24. The second-order valence-electron chi connectivity index (χ2n) is 5.86. The van der Waals surface area contributed by atoms with Gasteiger partial charge in [0.1, 0.15) is 0 Å². The summed E-state index contributed by atoms with van der Waals surface area (Å²) in [6.45, 7) is 2.12. The van der Waals surface area contributed by atoms with Gasteiger partial charge in [-0.3, -0.25) is 0 Å². The van der Waals surface area contributed by atoms with Crippen LogP contribution in [0.25, 0.3) is 17.2 Å². The van der Waals surface area contributed by atoms with Crippen LogP contribution >= 0.6 is 0 Å². The van der Waals surface area contributed by atoms with Crippen molar-refractivity contribution in [2.24, 2.45) is 0 Å². The number of ether oxygens (including phenoxy) is 2. The first-order chi connectivity index (χ1) is 12.4. The Hall–Kier alpha value is -2.63. The second-order valence-corrected chi connectivity index (χ2v) is 5.86. The number of aromatic nitrogens is 1.